The summed E-state index contributed by atoms with van der Waals surface area (Å²) < 4.78 is 5.55. The first kappa shape index (κ1) is 10.9. The maximum Gasteiger partial charge on any atom is 0.159 e. The highest BCUT2D eigenvalue weighted by Crippen LogP contribution is 2.39. The van der Waals surface area contributed by atoms with Crippen molar-refractivity contribution in [2.45, 2.75) is 26.1 Å². The maximum absolute atomic E-state index is 11.2. The summed E-state index contributed by atoms with van der Waals surface area (Å²) >= 11 is 0. The van der Waals surface area contributed by atoms with Gasteiger partial charge in [-0.05, 0) is 37.6 Å². The average molecular weight is 218 g/mol. The molecule has 1 aliphatic heterocycles. The minimum Gasteiger partial charge on any atom is -0.483 e. The van der Waals surface area contributed by atoms with E-state index in [9.17, 15) is 9.90 Å². The number of ketones is 1. The third kappa shape index (κ3) is 1.63. The van der Waals surface area contributed by atoms with E-state index in [-0.39, 0.29) is 5.78 Å². The molecule has 3 heteroatoms. The molecular formula is C13H14O3. The van der Waals surface area contributed by atoms with E-state index in [1.54, 1.807) is 18.2 Å². The number of carbonyl (C=O) groups is 1. The number of aliphatic hydroxyl groups is 1. The second-order valence-electron chi connectivity index (χ2n) is 4.14. The number of carbonyl (C=O) groups excluding carboxylic acids is 1. The summed E-state index contributed by atoms with van der Waals surface area (Å²) in [5, 5.41) is 10.0. The van der Waals surface area contributed by atoms with Crippen LogP contribution in [0.25, 0.3) is 0 Å². The second-order valence-corrected chi connectivity index (χ2v) is 4.14. The van der Waals surface area contributed by atoms with Crippen molar-refractivity contribution in [1.82, 2.24) is 0 Å². The van der Waals surface area contributed by atoms with Gasteiger partial charge in [-0.2, -0.15) is 0 Å². The van der Waals surface area contributed by atoms with Crippen molar-refractivity contribution in [2.75, 3.05) is 0 Å². The molecule has 0 saturated carbocycles. The number of fused-ring (bicyclic) bond motifs is 1. The van der Waals surface area contributed by atoms with Crippen LogP contribution in [0.2, 0.25) is 0 Å². The number of aliphatic hydroxyl groups excluding tert-OH is 1. The number of rotatable bonds is 2. The van der Waals surface area contributed by atoms with E-state index in [4.69, 9.17) is 4.74 Å². The van der Waals surface area contributed by atoms with E-state index in [1.807, 2.05) is 6.92 Å². The summed E-state index contributed by atoms with van der Waals surface area (Å²) in [7, 11) is 0. The topological polar surface area (TPSA) is 46.5 Å². The zero-order valence-electron chi connectivity index (χ0n) is 9.36. The largest absolute Gasteiger partial charge is 0.483 e. The van der Waals surface area contributed by atoms with Gasteiger partial charge in [-0.15, -0.1) is 0 Å². The van der Waals surface area contributed by atoms with Gasteiger partial charge in [0.1, 0.15) is 18.0 Å². The van der Waals surface area contributed by atoms with Gasteiger partial charge >= 0.3 is 0 Å². The second kappa shape index (κ2) is 3.76. The van der Waals surface area contributed by atoms with Crippen LogP contribution in [-0.4, -0.2) is 17.0 Å². The van der Waals surface area contributed by atoms with E-state index in [1.165, 1.54) is 6.92 Å². The molecule has 1 heterocycles. The molecule has 1 aromatic rings. The summed E-state index contributed by atoms with van der Waals surface area (Å²) in [4.78, 5) is 11.2. The van der Waals surface area contributed by atoms with Crippen molar-refractivity contribution in [3.8, 4) is 5.75 Å². The Bertz CT molecular complexity index is 462. The highest BCUT2D eigenvalue weighted by Gasteiger charge is 2.33. The Labute approximate surface area is 94.4 Å². The van der Waals surface area contributed by atoms with Gasteiger partial charge in [-0.25, -0.2) is 0 Å². The molecule has 0 spiro atoms. The molecule has 2 atom stereocenters. The molecular weight excluding hydrogens is 204 g/mol. The molecule has 3 nitrogen and oxygen atoms in total. The molecule has 0 aliphatic carbocycles. The van der Waals surface area contributed by atoms with Gasteiger partial charge in [0.2, 0.25) is 0 Å². The smallest absolute Gasteiger partial charge is 0.159 e. The van der Waals surface area contributed by atoms with Gasteiger partial charge in [-0.3, -0.25) is 4.79 Å². The van der Waals surface area contributed by atoms with Gasteiger partial charge in [-0.1, -0.05) is 6.58 Å². The van der Waals surface area contributed by atoms with Gasteiger partial charge in [0.15, 0.2) is 5.78 Å². The quantitative estimate of drug-likeness (QED) is 0.611. The van der Waals surface area contributed by atoms with Gasteiger partial charge < -0.3 is 9.84 Å². The van der Waals surface area contributed by atoms with Crippen LogP contribution in [0.5, 0.6) is 5.75 Å². The van der Waals surface area contributed by atoms with Crippen LogP contribution >= 0.6 is 0 Å². The molecule has 1 aliphatic rings. The van der Waals surface area contributed by atoms with E-state index in [0.29, 0.717) is 16.9 Å². The summed E-state index contributed by atoms with van der Waals surface area (Å²) in [6, 6.07) is 5.11. The molecule has 1 N–H and O–H groups in total. The minimum absolute atomic E-state index is 0.0197. The first-order valence-corrected chi connectivity index (χ1v) is 5.15. The number of hydrogen-bond donors (Lipinski definition) is 1. The highest BCUT2D eigenvalue weighted by molar-refractivity contribution is 5.94. The third-order valence-electron chi connectivity index (χ3n) is 2.76. The molecule has 1 aromatic carbocycles. The predicted octanol–water partition coefficient (Wildman–Crippen LogP) is 2.26. The Balaban J connectivity index is 2.41. The molecule has 0 amide bonds. The van der Waals surface area contributed by atoms with Crippen LogP contribution in [0.15, 0.2) is 30.4 Å². The molecule has 0 aromatic heterocycles. The number of benzene rings is 1. The lowest BCUT2D eigenvalue weighted by atomic mass is 10.00. The Morgan fingerprint density at radius 3 is 2.69 bits per heavy atom. The fraction of sp³-hybridized carbons (Fsp3) is 0.308. The molecule has 2 rings (SSSR count). The van der Waals surface area contributed by atoms with Crippen LogP contribution in [-0.2, 0) is 0 Å². The first-order valence-electron chi connectivity index (χ1n) is 5.15. The summed E-state index contributed by atoms with van der Waals surface area (Å²) in [6.07, 6.45) is -1.14. The first-order chi connectivity index (χ1) is 7.50. The van der Waals surface area contributed by atoms with Crippen molar-refractivity contribution < 1.29 is 14.6 Å². The standard InChI is InChI=1S/C13H14O3/c1-7(2)13-12(15)10-6-9(8(3)14)4-5-11(10)16-13/h4-6,12-13,15H,1H2,2-3H3/t12-,13-/m1/s1. The van der Waals surface area contributed by atoms with Gasteiger partial charge in [0, 0.05) is 11.1 Å². The molecule has 0 fully saturated rings. The summed E-state index contributed by atoms with van der Waals surface area (Å²) in [5.74, 6) is 0.610. The Morgan fingerprint density at radius 1 is 1.44 bits per heavy atom. The van der Waals surface area contributed by atoms with Gasteiger partial charge in [0.05, 0.1) is 0 Å². The zero-order valence-corrected chi connectivity index (χ0v) is 9.36. The van der Waals surface area contributed by atoms with Crippen molar-refractivity contribution in [2.24, 2.45) is 0 Å². The normalized spacial score (nSPS) is 22.4. The van der Waals surface area contributed by atoms with Crippen molar-refractivity contribution in [1.29, 1.82) is 0 Å². The Hall–Kier alpha value is -1.61. The molecule has 0 bridgehead atoms. The van der Waals surface area contributed by atoms with Crippen LogP contribution in [0.3, 0.4) is 0 Å². The van der Waals surface area contributed by atoms with Crippen LogP contribution < -0.4 is 4.74 Å². The summed E-state index contributed by atoms with van der Waals surface area (Å²) in [5.41, 5.74) is 2.03. The number of hydrogen-bond acceptors (Lipinski definition) is 3. The summed E-state index contributed by atoms with van der Waals surface area (Å²) in [6.45, 7) is 7.09. The SMILES string of the molecule is C=C(C)[C@H]1Oc2ccc(C(C)=O)cc2[C@H]1O. The monoisotopic (exact) mass is 218 g/mol. The lowest BCUT2D eigenvalue weighted by molar-refractivity contribution is 0.0900. The molecule has 0 radical (unpaired) electrons. The molecule has 0 saturated heterocycles. The Kier molecular flexibility index (Phi) is 2.56. The fourth-order valence-corrected chi connectivity index (χ4v) is 1.84. The predicted molar refractivity (Wildman–Crippen MR) is 60.6 cm³/mol. The van der Waals surface area contributed by atoms with Crippen LogP contribution in [0.4, 0.5) is 0 Å². The van der Waals surface area contributed by atoms with Crippen molar-refractivity contribution in [3.05, 3.63) is 41.5 Å². The van der Waals surface area contributed by atoms with Crippen LogP contribution in [0, 0.1) is 0 Å². The zero-order chi connectivity index (χ0) is 11.9. The highest BCUT2D eigenvalue weighted by atomic mass is 16.5. The maximum atomic E-state index is 11.2. The lowest BCUT2D eigenvalue weighted by Gasteiger charge is -2.13. The molecule has 0 unspecified atom stereocenters. The van der Waals surface area contributed by atoms with Crippen molar-refractivity contribution in [3.63, 3.8) is 0 Å². The minimum atomic E-state index is -0.730. The van der Waals surface area contributed by atoms with E-state index >= 15 is 0 Å². The van der Waals surface area contributed by atoms with E-state index < -0.39 is 12.2 Å². The van der Waals surface area contributed by atoms with E-state index in [0.717, 1.165) is 5.57 Å². The number of ether oxygens (including phenoxy) is 1. The van der Waals surface area contributed by atoms with Gasteiger partial charge in [0.25, 0.3) is 0 Å². The fourth-order valence-electron chi connectivity index (χ4n) is 1.84. The van der Waals surface area contributed by atoms with Crippen LogP contribution in [0.1, 0.15) is 35.9 Å². The number of Topliss-reactive ketones (excluding diaryl/α,β-unsaturated/α-hetero) is 1. The van der Waals surface area contributed by atoms with E-state index in [2.05, 4.69) is 6.58 Å². The van der Waals surface area contributed by atoms with Crippen molar-refractivity contribution >= 4 is 5.78 Å². The molecule has 16 heavy (non-hydrogen) atoms. The molecule has 84 valence electrons. The third-order valence-corrected chi connectivity index (χ3v) is 2.76. The lowest BCUT2D eigenvalue weighted by Crippen LogP contribution is -2.19. The Morgan fingerprint density at radius 2 is 2.12 bits per heavy atom. The average Bonchev–Trinajstić information content (AvgIpc) is 2.56.